The van der Waals surface area contributed by atoms with E-state index >= 15 is 0 Å². The Balaban J connectivity index is 1.30. The molecule has 3 heterocycles. The molecule has 8 nitrogen and oxygen atoms in total. The van der Waals surface area contributed by atoms with Crippen LogP contribution in [0.25, 0.3) is 22.4 Å². The number of ether oxygens (including phenoxy) is 1. The SMILES string of the molecule is COc1cc(-c2cc(O)c(-c3ccc(N4CC[C@H](N[C@H]5C[C@H](F)C5)C4)nn3)cc2F)cnn1. The van der Waals surface area contributed by atoms with Crippen molar-refractivity contribution >= 4 is 5.82 Å². The molecular weight excluding hydrogens is 430 g/mol. The van der Waals surface area contributed by atoms with Crippen LogP contribution in [0.1, 0.15) is 19.3 Å². The minimum atomic E-state index is -0.669. The van der Waals surface area contributed by atoms with Crippen molar-refractivity contribution in [3.8, 4) is 34.0 Å². The largest absolute Gasteiger partial charge is 0.507 e. The highest BCUT2D eigenvalue weighted by molar-refractivity contribution is 5.75. The molecule has 0 amide bonds. The molecule has 1 aliphatic carbocycles. The number of hydrogen-bond acceptors (Lipinski definition) is 8. The zero-order chi connectivity index (χ0) is 22.9. The molecule has 1 atom stereocenters. The number of phenolic OH excluding ortho intramolecular Hbond substituents is 1. The van der Waals surface area contributed by atoms with Gasteiger partial charge in [0.1, 0.15) is 17.7 Å². The summed E-state index contributed by atoms with van der Waals surface area (Å²) in [6, 6.07) is 8.20. The summed E-state index contributed by atoms with van der Waals surface area (Å²) in [4.78, 5) is 2.12. The Morgan fingerprint density at radius 2 is 1.94 bits per heavy atom. The minimum absolute atomic E-state index is 0.124. The van der Waals surface area contributed by atoms with Gasteiger partial charge in [0.25, 0.3) is 0 Å². The van der Waals surface area contributed by atoms with Crippen molar-refractivity contribution in [3.63, 3.8) is 0 Å². The smallest absolute Gasteiger partial charge is 0.233 e. The van der Waals surface area contributed by atoms with Gasteiger partial charge in [-0.25, -0.2) is 8.78 Å². The molecule has 0 spiro atoms. The molecule has 0 bridgehead atoms. The van der Waals surface area contributed by atoms with E-state index in [1.54, 1.807) is 6.07 Å². The van der Waals surface area contributed by atoms with Crippen LogP contribution in [0.3, 0.4) is 0 Å². The molecule has 1 aliphatic heterocycles. The molecule has 0 radical (unpaired) electrons. The van der Waals surface area contributed by atoms with Gasteiger partial charge in [0.2, 0.25) is 5.88 Å². The molecule has 2 aliphatic rings. The van der Waals surface area contributed by atoms with Gasteiger partial charge in [-0.1, -0.05) is 0 Å². The predicted molar refractivity (Wildman–Crippen MR) is 118 cm³/mol. The van der Waals surface area contributed by atoms with E-state index in [0.717, 1.165) is 19.5 Å². The molecule has 2 N–H and O–H groups in total. The van der Waals surface area contributed by atoms with Crippen LogP contribution in [0, 0.1) is 5.82 Å². The second-order valence-corrected chi connectivity index (χ2v) is 8.48. The highest BCUT2D eigenvalue weighted by atomic mass is 19.1. The fraction of sp³-hybridized carbons (Fsp3) is 0.391. The number of aromatic nitrogens is 4. The van der Waals surface area contributed by atoms with Gasteiger partial charge in [0, 0.05) is 47.9 Å². The normalized spacial score (nSPS) is 22.3. The van der Waals surface area contributed by atoms with Crippen LogP contribution >= 0.6 is 0 Å². The van der Waals surface area contributed by atoms with E-state index in [2.05, 4.69) is 30.6 Å². The lowest BCUT2D eigenvalue weighted by Crippen LogP contribution is -2.48. The highest BCUT2D eigenvalue weighted by Crippen LogP contribution is 2.35. The molecule has 1 aromatic carbocycles. The molecular formula is C23H24F2N6O2. The molecule has 3 aromatic rings. The first-order valence-corrected chi connectivity index (χ1v) is 10.9. The van der Waals surface area contributed by atoms with Gasteiger partial charge >= 0.3 is 0 Å². The topological polar surface area (TPSA) is 96.3 Å². The van der Waals surface area contributed by atoms with Crippen LogP contribution in [0.15, 0.2) is 36.5 Å². The van der Waals surface area contributed by atoms with Crippen molar-refractivity contribution in [2.24, 2.45) is 0 Å². The number of nitrogens with zero attached hydrogens (tertiary/aromatic N) is 5. The molecule has 1 saturated carbocycles. The highest BCUT2D eigenvalue weighted by Gasteiger charge is 2.33. The van der Waals surface area contributed by atoms with Crippen LogP contribution in [0.5, 0.6) is 11.6 Å². The van der Waals surface area contributed by atoms with Crippen molar-refractivity contribution < 1.29 is 18.6 Å². The number of halogens is 2. The molecule has 0 unspecified atom stereocenters. The summed E-state index contributed by atoms with van der Waals surface area (Å²) in [6.45, 7) is 1.61. The fourth-order valence-corrected chi connectivity index (χ4v) is 4.34. The molecule has 10 heteroatoms. The summed E-state index contributed by atoms with van der Waals surface area (Å²) >= 11 is 0. The van der Waals surface area contributed by atoms with Crippen molar-refractivity contribution in [2.45, 2.75) is 37.5 Å². The minimum Gasteiger partial charge on any atom is -0.507 e. The molecule has 2 aromatic heterocycles. The van der Waals surface area contributed by atoms with Crippen LogP contribution in [-0.4, -0.2) is 64.0 Å². The first kappa shape index (κ1) is 21.4. The van der Waals surface area contributed by atoms with Gasteiger partial charge in [0.15, 0.2) is 5.82 Å². The van der Waals surface area contributed by atoms with Crippen LogP contribution in [0.4, 0.5) is 14.6 Å². The van der Waals surface area contributed by atoms with E-state index in [9.17, 15) is 13.9 Å². The van der Waals surface area contributed by atoms with E-state index in [1.807, 2.05) is 6.07 Å². The lowest BCUT2D eigenvalue weighted by atomic mass is 9.90. The predicted octanol–water partition coefficient (Wildman–Crippen LogP) is 3.12. The summed E-state index contributed by atoms with van der Waals surface area (Å²) in [5, 5.41) is 30.1. The second-order valence-electron chi connectivity index (χ2n) is 8.48. The van der Waals surface area contributed by atoms with Gasteiger partial charge in [-0.3, -0.25) is 0 Å². The Kier molecular flexibility index (Phi) is 5.76. The molecule has 1 saturated heterocycles. The Hall–Kier alpha value is -3.40. The van der Waals surface area contributed by atoms with E-state index in [1.165, 1.54) is 31.5 Å². The zero-order valence-electron chi connectivity index (χ0n) is 18.1. The van der Waals surface area contributed by atoms with Crippen molar-refractivity contribution in [2.75, 3.05) is 25.1 Å². The summed E-state index contributed by atoms with van der Waals surface area (Å²) in [6.07, 6.45) is 2.87. The zero-order valence-corrected chi connectivity index (χ0v) is 18.1. The van der Waals surface area contributed by atoms with E-state index in [-0.39, 0.29) is 28.8 Å². The number of anilines is 1. The van der Waals surface area contributed by atoms with Gasteiger partial charge < -0.3 is 20.1 Å². The Morgan fingerprint density at radius 3 is 2.67 bits per heavy atom. The van der Waals surface area contributed by atoms with Gasteiger partial charge in [-0.15, -0.1) is 15.3 Å². The summed E-state index contributed by atoms with van der Waals surface area (Å²) < 4.78 is 32.9. The van der Waals surface area contributed by atoms with Crippen molar-refractivity contribution in [1.29, 1.82) is 0 Å². The quantitative estimate of drug-likeness (QED) is 0.587. The third-order valence-electron chi connectivity index (χ3n) is 6.23. The van der Waals surface area contributed by atoms with E-state index in [0.29, 0.717) is 36.0 Å². The number of hydrogen-bond donors (Lipinski definition) is 2. The van der Waals surface area contributed by atoms with Crippen molar-refractivity contribution in [1.82, 2.24) is 25.7 Å². The maximum Gasteiger partial charge on any atom is 0.233 e. The second kappa shape index (κ2) is 8.86. The summed E-state index contributed by atoms with van der Waals surface area (Å²) in [5.41, 5.74) is 1.22. The number of rotatable bonds is 6. The number of aromatic hydroxyl groups is 1. The average Bonchev–Trinajstić information content (AvgIpc) is 3.28. The van der Waals surface area contributed by atoms with Crippen LogP contribution in [0.2, 0.25) is 0 Å². The van der Waals surface area contributed by atoms with Gasteiger partial charge in [0.05, 0.1) is 19.0 Å². The molecule has 2 fully saturated rings. The van der Waals surface area contributed by atoms with Crippen LogP contribution in [-0.2, 0) is 0 Å². The number of methoxy groups -OCH3 is 1. The summed E-state index contributed by atoms with van der Waals surface area (Å²) in [5.74, 6) is 0.298. The number of nitrogens with one attached hydrogen (secondary N) is 1. The first-order valence-electron chi connectivity index (χ1n) is 10.9. The van der Waals surface area contributed by atoms with E-state index < -0.39 is 12.0 Å². The molecule has 33 heavy (non-hydrogen) atoms. The summed E-state index contributed by atoms with van der Waals surface area (Å²) in [7, 11) is 1.45. The fourth-order valence-electron chi connectivity index (χ4n) is 4.34. The number of benzene rings is 1. The number of alkyl halides is 1. The average molecular weight is 454 g/mol. The lowest BCUT2D eigenvalue weighted by Gasteiger charge is -2.33. The Labute approximate surface area is 189 Å². The standard InChI is InChI=1S/C23H24F2N6O2/c1-33-23-6-13(11-26-30-23)17-10-21(32)18(9-19(17)25)20-2-3-22(29-28-20)31-5-4-15(12-31)27-16-7-14(24)8-16/h2-3,6,9-11,14-16,27,32H,4-5,7-8,12H2,1H3/t14-,15-,16-/m0/s1. The Bertz CT molecular complexity index is 1140. The monoisotopic (exact) mass is 454 g/mol. The third-order valence-corrected chi connectivity index (χ3v) is 6.23. The van der Waals surface area contributed by atoms with E-state index in [4.69, 9.17) is 4.74 Å². The number of phenols is 1. The van der Waals surface area contributed by atoms with Crippen LogP contribution < -0.4 is 15.0 Å². The third kappa shape index (κ3) is 4.43. The maximum atomic E-state index is 14.9. The van der Waals surface area contributed by atoms with Gasteiger partial charge in [-0.2, -0.15) is 5.10 Å². The lowest BCUT2D eigenvalue weighted by molar-refractivity contribution is 0.148. The van der Waals surface area contributed by atoms with Gasteiger partial charge in [-0.05, 0) is 43.5 Å². The van der Waals surface area contributed by atoms with Crippen molar-refractivity contribution in [3.05, 3.63) is 42.3 Å². The Morgan fingerprint density at radius 1 is 1.09 bits per heavy atom. The molecule has 5 rings (SSSR count). The maximum absolute atomic E-state index is 14.9. The first-order chi connectivity index (χ1) is 16.0. The molecule has 172 valence electrons.